The van der Waals surface area contributed by atoms with Crippen LogP contribution in [0.4, 0.5) is 0 Å². The molecule has 1 aliphatic rings. The van der Waals surface area contributed by atoms with Crippen LogP contribution in [0.5, 0.6) is 0 Å². The largest absolute Gasteiger partial charge is 0.480 e. The summed E-state index contributed by atoms with van der Waals surface area (Å²) < 4.78 is 0. The molecule has 0 bridgehead atoms. The molecule has 0 unspecified atom stereocenters. The zero-order chi connectivity index (χ0) is 7.78. The highest BCUT2D eigenvalue weighted by Crippen LogP contribution is 2.16. The molecule has 2 N–H and O–H groups in total. The molecule has 10 heavy (non-hydrogen) atoms. The van der Waals surface area contributed by atoms with Crippen LogP contribution in [0, 0.1) is 0 Å². The van der Waals surface area contributed by atoms with Gasteiger partial charge < -0.3 is 5.11 Å². The third-order valence-corrected chi connectivity index (χ3v) is 1.99. The molecule has 0 aromatic heterocycles. The highest BCUT2D eigenvalue weighted by Gasteiger charge is 2.38. The van der Waals surface area contributed by atoms with Crippen molar-refractivity contribution in [1.29, 1.82) is 0 Å². The highest BCUT2D eigenvalue weighted by atomic mass is 32.1. The highest BCUT2D eigenvalue weighted by molar-refractivity contribution is 7.80. The predicted molar refractivity (Wildman–Crippen MR) is 41.3 cm³/mol. The quantitative estimate of drug-likeness (QED) is 0.536. The third-order valence-electron chi connectivity index (χ3n) is 1.70. The molecule has 0 aromatic rings. The van der Waals surface area contributed by atoms with Crippen LogP contribution in [0.15, 0.2) is 0 Å². The van der Waals surface area contributed by atoms with Crippen molar-refractivity contribution in [3.8, 4) is 0 Å². The molecule has 0 amide bonds. The van der Waals surface area contributed by atoms with Crippen LogP contribution >= 0.6 is 12.2 Å². The van der Waals surface area contributed by atoms with Crippen LogP contribution in [-0.2, 0) is 4.79 Å². The van der Waals surface area contributed by atoms with Crippen molar-refractivity contribution >= 4 is 23.1 Å². The average Bonchev–Trinajstić information content (AvgIpc) is 2.13. The molecule has 1 atom stereocenters. The Balaban J connectivity index is 2.72. The maximum atomic E-state index is 10.5. The fraction of sp³-hybridized carbons (Fsp3) is 0.667. The van der Waals surface area contributed by atoms with Gasteiger partial charge in [-0.05, 0) is 6.92 Å². The van der Waals surface area contributed by atoms with E-state index in [1.165, 1.54) is 0 Å². The van der Waals surface area contributed by atoms with Gasteiger partial charge in [0.25, 0.3) is 0 Å². The van der Waals surface area contributed by atoms with Crippen LogP contribution in [0.3, 0.4) is 0 Å². The second-order valence-electron chi connectivity index (χ2n) is 2.71. The minimum absolute atomic E-state index is 0.470. The van der Waals surface area contributed by atoms with E-state index in [0.29, 0.717) is 13.0 Å². The van der Waals surface area contributed by atoms with Crippen molar-refractivity contribution < 1.29 is 9.90 Å². The molecule has 1 fully saturated rings. The third kappa shape index (κ3) is 1.17. The van der Waals surface area contributed by atoms with E-state index in [2.05, 4.69) is 5.32 Å². The number of thiocarbonyl (C=S) groups is 1. The number of carbonyl (C=O) groups is 1. The fourth-order valence-electron chi connectivity index (χ4n) is 0.964. The molecular formula is C6H9NO2S. The first kappa shape index (κ1) is 7.63. The maximum absolute atomic E-state index is 10.5. The van der Waals surface area contributed by atoms with Crippen LogP contribution < -0.4 is 5.32 Å². The molecule has 0 radical (unpaired) electrons. The van der Waals surface area contributed by atoms with Crippen molar-refractivity contribution in [3.05, 3.63) is 0 Å². The van der Waals surface area contributed by atoms with Crippen molar-refractivity contribution in [3.63, 3.8) is 0 Å². The van der Waals surface area contributed by atoms with E-state index < -0.39 is 11.5 Å². The Morgan fingerprint density at radius 3 is 2.70 bits per heavy atom. The van der Waals surface area contributed by atoms with E-state index in [9.17, 15) is 4.79 Å². The number of hydrogen-bond acceptors (Lipinski definition) is 3. The van der Waals surface area contributed by atoms with Crippen LogP contribution in [0.25, 0.3) is 0 Å². The summed E-state index contributed by atoms with van der Waals surface area (Å²) in [6.07, 6.45) is 0.470. The Labute approximate surface area is 64.4 Å². The van der Waals surface area contributed by atoms with Gasteiger partial charge in [-0.15, -0.1) is 0 Å². The molecule has 0 spiro atoms. The first-order chi connectivity index (χ1) is 4.54. The number of aliphatic carboxylic acids is 1. The molecule has 1 aliphatic heterocycles. The van der Waals surface area contributed by atoms with Gasteiger partial charge in [-0.2, -0.15) is 0 Å². The summed E-state index contributed by atoms with van der Waals surface area (Å²) in [6, 6.07) is 0. The Morgan fingerprint density at radius 1 is 1.90 bits per heavy atom. The predicted octanol–water partition coefficient (Wildman–Crippen LogP) is 0.193. The lowest BCUT2D eigenvalue weighted by Crippen LogP contribution is -2.44. The van der Waals surface area contributed by atoms with Crippen LogP contribution in [-0.4, -0.2) is 28.0 Å². The molecule has 3 nitrogen and oxygen atoms in total. The lowest BCUT2D eigenvalue weighted by atomic mass is 10.0. The van der Waals surface area contributed by atoms with E-state index in [-0.39, 0.29) is 0 Å². The van der Waals surface area contributed by atoms with Gasteiger partial charge in [-0.1, -0.05) is 12.2 Å². The standard InChI is InChI=1S/C6H9NO2S/c1-6(5(8)9)2-4(10)3-7-6/h7H,2-3H2,1H3,(H,8,9)/t6-/m0/s1. The number of carboxylic acid groups (broad SMARTS) is 1. The summed E-state index contributed by atoms with van der Waals surface area (Å²) in [6.45, 7) is 2.20. The topological polar surface area (TPSA) is 49.3 Å². The molecule has 4 heteroatoms. The molecule has 56 valence electrons. The van der Waals surface area contributed by atoms with Gasteiger partial charge in [-0.3, -0.25) is 10.1 Å². The zero-order valence-electron chi connectivity index (χ0n) is 5.68. The Kier molecular flexibility index (Phi) is 1.74. The summed E-state index contributed by atoms with van der Waals surface area (Å²) in [5, 5.41) is 11.5. The fourth-order valence-corrected chi connectivity index (χ4v) is 1.33. The van der Waals surface area contributed by atoms with Crippen molar-refractivity contribution in [2.24, 2.45) is 0 Å². The smallest absolute Gasteiger partial charge is 0.323 e. The number of rotatable bonds is 1. The van der Waals surface area contributed by atoms with E-state index in [1.807, 2.05) is 0 Å². The summed E-state index contributed by atoms with van der Waals surface area (Å²) >= 11 is 4.86. The molecule has 0 saturated carbocycles. The summed E-state index contributed by atoms with van der Waals surface area (Å²) in [5.74, 6) is -0.827. The SMILES string of the molecule is C[C@@]1(C(=O)O)CC(=S)CN1. The number of carboxylic acids is 1. The summed E-state index contributed by atoms with van der Waals surface area (Å²) in [7, 11) is 0. The maximum Gasteiger partial charge on any atom is 0.323 e. The van der Waals surface area contributed by atoms with E-state index >= 15 is 0 Å². The van der Waals surface area contributed by atoms with E-state index in [0.717, 1.165) is 4.86 Å². The Bertz CT molecular complexity index is 192. The van der Waals surface area contributed by atoms with E-state index in [4.69, 9.17) is 17.3 Å². The van der Waals surface area contributed by atoms with Gasteiger partial charge in [0.05, 0.1) is 0 Å². The van der Waals surface area contributed by atoms with Gasteiger partial charge in [0.1, 0.15) is 5.54 Å². The molecule has 1 saturated heterocycles. The lowest BCUT2D eigenvalue weighted by molar-refractivity contribution is -0.143. The molecular weight excluding hydrogens is 150 g/mol. The average molecular weight is 159 g/mol. The van der Waals surface area contributed by atoms with Crippen molar-refractivity contribution in [2.45, 2.75) is 18.9 Å². The lowest BCUT2D eigenvalue weighted by Gasteiger charge is -2.16. The Morgan fingerprint density at radius 2 is 2.50 bits per heavy atom. The van der Waals surface area contributed by atoms with E-state index in [1.54, 1.807) is 6.92 Å². The van der Waals surface area contributed by atoms with Crippen molar-refractivity contribution in [1.82, 2.24) is 5.32 Å². The normalized spacial score (nSPS) is 32.7. The number of hydrogen-bond donors (Lipinski definition) is 2. The minimum Gasteiger partial charge on any atom is -0.480 e. The second-order valence-corrected chi connectivity index (χ2v) is 3.28. The first-order valence-electron chi connectivity index (χ1n) is 3.05. The van der Waals surface area contributed by atoms with Gasteiger partial charge >= 0.3 is 5.97 Å². The van der Waals surface area contributed by atoms with Gasteiger partial charge in [0, 0.05) is 17.8 Å². The summed E-state index contributed by atoms with van der Waals surface area (Å²) in [4.78, 5) is 11.3. The molecule has 1 heterocycles. The Hall–Kier alpha value is -0.480. The molecule has 0 aromatic carbocycles. The zero-order valence-corrected chi connectivity index (χ0v) is 6.49. The molecule has 1 rings (SSSR count). The first-order valence-corrected chi connectivity index (χ1v) is 3.45. The summed E-state index contributed by atoms with van der Waals surface area (Å²) in [5.41, 5.74) is -0.808. The van der Waals surface area contributed by atoms with Gasteiger partial charge in [0.15, 0.2) is 0 Å². The van der Waals surface area contributed by atoms with Crippen LogP contribution in [0.1, 0.15) is 13.3 Å². The minimum atomic E-state index is -0.827. The molecule has 0 aliphatic carbocycles. The van der Waals surface area contributed by atoms with Gasteiger partial charge in [0.2, 0.25) is 0 Å². The van der Waals surface area contributed by atoms with Crippen LogP contribution in [0.2, 0.25) is 0 Å². The van der Waals surface area contributed by atoms with Gasteiger partial charge in [-0.25, -0.2) is 0 Å². The number of nitrogens with one attached hydrogen (secondary N) is 1. The monoisotopic (exact) mass is 159 g/mol. The second kappa shape index (κ2) is 2.29. The van der Waals surface area contributed by atoms with Crippen molar-refractivity contribution in [2.75, 3.05) is 6.54 Å².